The molecule has 0 saturated carbocycles. The number of rotatable bonds is 9. The number of unbranched alkanes of at least 4 members (excludes halogenated alkanes) is 1. The molecule has 4 rings (SSSR count). The average molecular weight is 525 g/mol. The van der Waals surface area contributed by atoms with Crippen molar-refractivity contribution in [2.45, 2.75) is 32.6 Å². The summed E-state index contributed by atoms with van der Waals surface area (Å²) >= 11 is 4.32. The van der Waals surface area contributed by atoms with Gasteiger partial charge in [0.15, 0.2) is 0 Å². The number of carboxylic acid groups (broad SMARTS) is 1. The van der Waals surface area contributed by atoms with E-state index in [2.05, 4.69) is 58.8 Å². The highest BCUT2D eigenvalue weighted by Crippen LogP contribution is 2.22. The summed E-state index contributed by atoms with van der Waals surface area (Å²) in [6.07, 6.45) is 3.69. The molecule has 0 bridgehead atoms. The molecular weight excluding hydrogens is 497 g/mol. The van der Waals surface area contributed by atoms with E-state index in [1.807, 2.05) is 11.1 Å². The number of carbonyl (C=O) groups excluding carboxylic acids is 1. The molecular formula is C27H28N2O3S3. The lowest BCUT2D eigenvalue weighted by Crippen LogP contribution is -2.50. The molecule has 1 N–H and O–H groups in total. The van der Waals surface area contributed by atoms with E-state index in [4.69, 9.17) is 5.11 Å². The van der Waals surface area contributed by atoms with Crippen molar-refractivity contribution in [2.24, 2.45) is 0 Å². The molecule has 3 aromatic rings. The lowest BCUT2D eigenvalue weighted by Gasteiger charge is -2.38. The Kier molecular flexibility index (Phi) is 9.05. The van der Waals surface area contributed by atoms with Crippen LogP contribution in [0.2, 0.25) is 0 Å². The molecule has 1 saturated heterocycles. The smallest absolute Gasteiger partial charge is 0.345 e. The second kappa shape index (κ2) is 12.4. The standard InChI is InChI=1S/C27H28N2O3S3/c1-20-18-33-19-23(20)9-8-22-7-4-6-21(17-22)5-2-3-13-28-15-16-34-27(32)29(28)14-12-24-10-11-25(35-24)26(30)31/h4,6-7,10-11,17-19H,2-3,5,12-16H2,1H3,(H,30,31). The fourth-order valence-electron chi connectivity index (χ4n) is 3.91. The van der Waals surface area contributed by atoms with Crippen LogP contribution >= 0.6 is 34.4 Å². The van der Waals surface area contributed by atoms with E-state index in [0.717, 1.165) is 54.1 Å². The number of hydrogen-bond donors (Lipinski definition) is 1. The van der Waals surface area contributed by atoms with Crippen molar-refractivity contribution < 1.29 is 14.7 Å². The zero-order chi connectivity index (χ0) is 24.6. The van der Waals surface area contributed by atoms with Gasteiger partial charge in [-0.05, 0) is 67.0 Å². The van der Waals surface area contributed by atoms with Crippen molar-refractivity contribution in [3.8, 4) is 11.8 Å². The molecule has 182 valence electrons. The minimum atomic E-state index is -0.900. The fourth-order valence-corrected chi connectivity index (χ4v) is 6.36. The number of thiophene rings is 2. The highest BCUT2D eigenvalue weighted by Gasteiger charge is 2.26. The van der Waals surface area contributed by atoms with Crippen LogP contribution in [0.4, 0.5) is 4.79 Å². The first-order valence-corrected chi connectivity index (χ1v) is 14.4. The van der Waals surface area contributed by atoms with Gasteiger partial charge in [0.2, 0.25) is 0 Å². The maximum atomic E-state index is 12.5. The molecule has 1 aliphatic rings. The summed E-state index contributed by atoms with van der Waals surface area (Å²) in [6, 6.07) is 11.9. The largest absolute Gasteiger partial charge is 0.477 e. The summed E-state index contributed by atoms with van der Waals surface area (Å²) in [6.45, 7) is 4.36. The van der Waals surface area contributed by atoms with Gasteiger partial charge in [0.1, 0.15) is 4.88 Å². The lowest BCUT2D eigenvalue weighted by atomic mass is 10.0. The maximum Gasteiger partial charge on any atom is 0.345 e. The molecule has 2 aromatic heterocycles. The number of hydrazine groups is 1. The molecule has 0 spiro atoms. The third-order valence-corrected chi connectivity index (χ3v) is 8.66. The second-order valence-corrected chi connectivity index (χ2v) is 11.3. The van der Waals surface area contributed by atoms with Gasteiger partial charge < -0.3 is 5.11 Å². The number of nitrogens with zero attached hydrogens (tertiary/aromatic N) is 2. The van der Waals surface area contributed by atoms with E-state index >= 15 is 0 Å². The van der Waals surface area contributed by atoms with Crippen molar-refractivity contribution in [3.63, 3.8) is 0 Å². The fraction of sp³-hybridized carbons (Fsp3) is 0.333. The van der Waals surface area contributed by atoms with Crippen LogP contribution in [-0.2, 0) is 12.8 Å². The highest BCUT2D eigenvalue weighted by atomic mass is 32.2. The zero-order valence-corrected chi connectivity index (χ0v) is 22.1. The summed E-state index contributed by atoms with van der Waals surface area (Å²) in [4.78, 5) is 25.0. The van der Waals surface area contributed by atoms with Crippen LogP contribution in [-0.4, -0.2) is 51.7 Å². The molecule has 5 nitrogen and oxygen atoms in total. The van der Waals surface area contributed by atoms with Gasteiger partial charge in [0.25, 0.3) is 5.24 Å². The van der Waals surface area contributed by atoms with E-state index in [1.54, 1.807) is 17.4 Å². The molecule has 35 heavy (non-hydrogen) atoms. The normalized spacial score (nSPS) is 14.1. The van der Waals surface area contributed by atoms with Crippen LogP contribution < -0.4 is 0 Å². The van der Waals surface area contributed by atoms with Crippen LogP contribution in [0.15, 0.2) is 47.2 Å². The van der Waals surface area contributed by atoms with E-state index in [-0.39, 0.29) is 5.24 Å². The Bertz CT molecular complexity index is 1240. The summed E-state index contributed by atoms with van der Waals surface area (Å²) < 4.78 is 0. The third kappa shape index (κ3) is 7.21. The first-order chi connectivity index (χ1) is 17.0. The van der Waals surface area contributed by atoms with Gasteiger partial charge >= 0.3 is 5.97 Å². The van der Waals surface area contributed by atoms with Crippen LogP contribution in [0.5, 0.6) is 0 Å². The van der Waals surface area contributed by atoms with Crippen LogP contribution in [0.1, 0.15) is 49.6 Å². The molecule has 0 radical (unpaired) electrons. The van der Waals surface area contributed by atoms with Crippen molar-refractivity contribution in [3.05, 3.63) is 79.2 Å². The van der Waals surface area contributed by atoms with Gasteiger partial charge in [-0.25, -0.2) is 9.80 Å². The Morgan fingerprint density at radius 3 is 2.74 bits per heavy atom. The summed E-state index contributed by atoms with van der Waals surface area (Å²) in [7, 11) is 0. The maximum absolute atomic E-state index is 12.5. The number of thioether (sulfide) groups is 1. The minimum absolute atomic E-state index is 0.0819. The molecule has 0 aliphatic carbocycles. The predicted octanol–water partition coefficient (Wildman–Crippen LogP) is 6.17. The van der Waals surface area contributed by atoms with Crippen LogP contribution in [0.25, 0.3) is 0 Å². The zero-order valence-electron chi connectivity index (χ0n) is 19.7. The van der Waals surface area contributed by atoms with Crippen molar-refractivity contribution >= 4 is 45.6 Å². The van der Waals surface area contributed by atoms with Gasteiger partial charge in [-0.1, -0.05) is 35.7 Å². The molecule has 8 heteroatoms. The Labute approximate surface area is 218 Å². The number of amides is 1. The van der Waals surface area contributed by atoms with Gasteiger partial charge in [0, 0.05) is 53.2 Å². The monoisotopic (exact) mass is 524 g/mol. The Morgan fingerprint density at radius 2 is 1.97 bits per heavy atom. The van der Waals surface area contributed by atoms with E-state index in [1.165, 1.54) is 34.2 Å². The van der Waals surface area contributed by atoms with Gasteiger partial charge in [0.05, 0.1) is 0 Å². The topological polar surface area (TPSA) is 60.9 Å². The number of carbonyl (C=O) groups is 2. The summed E-state index contributed by atoms with van der Waals surface area (Å²) in [5.74, 6) is 6.47. The van der Waals surface area contributed by atoms with Crippen LogP contribution in [0, 0.1) is 18.8 Å². The van der Waals surface area contributed by atoms with Crippen molar-refractivity contribution in [2.75, 3.05) is 25.4 Å². The van der Waals surface area contributed by atoms with E-state index in [0.29, 0.717) is 17.8 Å². The SMILES string of the molecule is Cc1cscc1C#Cc1cccc(CCCCN2CCSC(=O)N2CCc2ccc(C(=O)O)s2)c1. The second-order valence-electron chi connectivity index (χ2n) is 8.39. The number of aromatic carboxylic acids is 1. The quantitative estimate of drug-likeness (QED) is 0.268. The third-order valence-electron chi connectivity index (χ3n) is 5.83. The Balaban J connectivity index is 1.26. The summed E-state index contributed by atoms with van der Waals surface area (Å²) in [5, 5.41) is 17.4. The molecule has 1 fully saturated rings. The minimum Gasteiger partial charge on any atom is -0.477 e. The number of benzene rings is 1. The number of hydrogen-bond acceptors (Lipinski definition) is 6. The summed E-state index contributed by atoms with van der Waals surface area (Å²) in [5.41, 5.74) is 4.65. The average Bonchev–Trinajstić information content (AvgIpc) is 3.49. The first kappa shape index (κ1) is 25.5. The van der Waals surface area contributed by atoms with Crippen LogP contribution in [0.3, 0.4) is 0 Å². The molecule has 0 atom stereocenters. The molecule has 1 aromatic carbocycles. The first-order valence-electron chi connectivity index (χ1n) is 11.6. The van der Waals surface area contributed by atoms with E-state index < -0.39 is 5.97 Å². The predicted molar refractivity (Wildman–Crippen MR) is 146 cm³/mol. The number of carboxylic acids is 1. The Morgan fingerprint density at radius 1 is 1.09 bits per heavy atom. The molecule has 3 heterocycles. The lowest BCUT2D eigenvalue weighted by molar-refractivity contribution is 0.0270. The number of aryl methyl sites for hydroxylation is 2. The van der Waals surface area contributed by atoms with Gasteiger partial charge in [-0.15, -0.1) is 11.3 Å². The van der Waals surface area contributed by atoms with Crippen molar-refractivity contribution in [1.29, 1.82) is 0 Å². The van der Waals surface area contributed by atoms with Crippen molar-refractivity contribution in [1.82, 2.24) is 10.0 Å². The highest BCUT2D eigenvalue weighted by molar-refractivity contribution is 8.13. The molecule has 0 unspecified atom stereocenters. The molecule has 1 amide bonds. The van der Waals surface area contributed by atoms with E-state index in [9.17, 15) is 9.59 Å². The van der Waals surface area contributed by atoms with Gasteiger partial charge in [-0.3, -0.25) is 9.80 Å². The Hall–Kier alpha value is -2.57. The van der Waals surface area contributed by atoms with Gasteiger partial charge in [-0.2, -0.15) is 11.3 Å². The molecule has 1 aliphatic heterocycles.